The van der Waals surface area contributed by atoms with Crippen LogP contribution < -0.4 is 10.5 Å². The summed E-state index contributed by atoms with van der Waals surface area (Å²) in [6, 6.07) is 11.8. The molecule has 1 heterocycles. The molecular formula is C15H13ClFNO. The van der Waals surface area contributed by atoms with Crippen LogP contribution in [0.5, 0.6) is 5.75 Å². The molecule has 0 aromatic heterocycles. The van der Waals surface area contributed by atoms with E-state index in [1.165, 1.54) is 12.1 Å². The molecule has 0 spiro atoms. The van der Waals surface area contributed by atoms with Crippen molar-refractivity contribution < 1.29 is 9.13 Å². The molecule has 98 valence electrons. The second-order valence-electron chi connectivity index (χ2n) is 4.68. The van der Waals surface area contributed by atoms with E-state index in [1.54, 1.807) is 6.07 Å². The molecule has 0 saturated heterocycles. The van der Waals surface area contributed by atoms with E-state index >= 15 is 0 Å². The summed E-state index contributed by atoms with van der Waals surface area (Å²) in [5.74, 6) is 0.210. The molecular weight excluding hydrogens is 265 g/mol. The Bertz CT molecular complexity index is 600. The SMILES string of the molecule is N[C@H]1CC(c2ccc(Cl)cc2)Oc2cc(F)ccc21. The Hall–Kier alpha value is -1.58. The molecule has 0 radical (unpaired) electrons. The largest absolute Gasteiger partial charge is 0.485 e. The molecule has 3 rings (SSSR count). The molecule has 0 fully saturated rings. The molecule has 2 atom stereocenters. The Labute approximate surface area is 115 Å². The Morgan fingerprint density at radius 3 is 2.63 bits per heavy atom. The van der Waals surface area contributed by atoms with Crippen molar-refractivity contribution in [3.8, 4) is 5.75 Å². The minimum absolute atomic E-state index is 0.148. The fraction of sp³-hybridized carbons (Fsp3) is 0.200. The van der Waals surface area contributed by atoms with Crippen molar-refractivity contribution in [2.24, 2.45) is 5.73 Å². The van der Waals surface area contributed by atoms with Crippen molar-refractivity contribution in [2.45, 2.75) is 18.6 Å². The normalized spacial score (nSPS) is 21.6. The summed E-state index contributed by atoms with van der Waals surface area (Å²) in [6.07, 6.45) is 0.502. The zero-order valence-electron chi connectivity index (χ0n) is 10.1. The van der Waals surface area contributed by atoms with Crippen molar-refractivity contribution in [1.29, 1.82) is 0 Å². The Morgan fingerprint density at radius 2 is 1.89 bits per heavy atom. The average molecular weight is 278 g/mol. The van der Waals surface area contributed by atoms with Crippen LogP contribution in [0.4, 0.5) is 4.39 Å². The lowest BCUT2D eigenvalue weighted by molar-refractivity contribution is 0.161. The van der Waals surface area contributed by atoms with Gasteiger partial charge in [0.25, 0.3) is 0 Å². The van der Waals surface area contributed by atoms with E-state index in [1.807, 2.05) is 24.3 Å². The van der Waals surface area contributed by atoms with Crippen LogP contribution in [0.15, 0.2) is 42.5 Å². The predicted molar refractivity (Wildman–Crippen MR) is 72.8 cm³/mol. The summed E-state index contributed by atoms with van der Waals surface area (Å²) in [5.41, 5.74) is 7.97. The molecule has 2 nitrogen and oxygen atoms in total. The minimum Gasteiger partial charge on any atom is -0.485 e. The summed E-state index contributed by atoms with van der Waals surface area (Å²) in [5, 5.41) is 0.676. The first-order valence-corrected chi connectivity index (χ1v) is 6.48. The second-order valence-corrected chi connectivity index (χ2v) is 5.12. The van der Waals surface area contributed by atoms with Crippen LogP contribution in [-0.2, 0) is 0 Å². The maximum absolute atomic E-state index is 13.3. The molecule has 0 bridgehead atoms. The molecule has 0 aliphatic carbocycles. The molecule has 2 aromatic rings. The van der Waals surface area contributed by atoms with Crippen LogP contribution in [0.2, 0.25) is 5.02 Å². The topological polar surface area (TPSA) is 35.2 Å². The standard InChI is InChI=1S/C15H13ClFNO/c16-10-3-1-9(2-4-10)14-8-13(18)12-6-5-11(17)7-15(12)19-14/h1-7,13-14H,8,18H2/t13-,14?/m0/s1. The molecule has 1 aliphatic rings. The molecule has 2 aromatic carbocycles. The van der Waals surface area contributed by atoms with Crippen LogP contribution in [0, 0.1) is 5.82 Å². The first-order chi connectivity index (χ1) is 9.13. The van der Waals surface area contributed by atoms with Gasteiger partial charge in [-0.05, 0) is 23.8 Å². The molecule has 0 amide bonds. The highest BCUT2D eigenvalue weighted by Gasteiger charge is 2.27. The highest BCUT2D eigenvalue weighted by Crippen LogP contribution is 2.39. The summed E-state index contributed by atoms with van der Waals surface area (Å²) in [6.45, 7) is 0. The van der Waals surface area contributed by atoms with Crippen molar-refractivity contribution in [3.63, 3.8) is 0 Å². The monoisotopic (exact) mass is 277 g/mol. The van der Waals surface area contributed by atoms with Gasteiger partial charge >= 0.3 is 0 Å². The molecule has 4 heteroatoms. The maximum Gasteiger partial charge on any atom is 0.127 e. The molecule has 0 saturated carbocycles. The number of ether oxygens (including phenoxy) is 1. The molecule has 1 unspecified atom stereocenters. The van der Waals surface area contributed by atoms with E-state index in [0.717, 1.165) is 11.1 Å². The van der Waals surface area contributed by atoms with Gasteiger partial charge in [0.1, 0.15) is 17.7 Å². The van der Waals surface area contributed by atoms with Gasteiger partial charge in [-0.1, -0.05) is 29.8 Å². The van der Waals surface area contributed by atoms with Gasteiger partial charge in [0.15, 0.2) is 0 Å². The molecule has 1 aliphatic heterocycles. The van der Waals surface area contributed by atoms with Gasteiger partial charge in [-0.3, -0.25) is 0 Å². The van der Waals surface area contributed by atoms with E-state index in [-0.39, 0.29) is 18.0 Å². The lowest BCUT2D eigenvalue weighted by Gasteiger charge is -2.30. The third kappa shape index (κ3) is 2.44. The Balaban J connectivity index is 1.93. The smallest absolute Gasteiger partial charge is 0.127 e. The first kappa shape index (κ1) is 12.5. The van der Waals surface area contributed by atoms with Gasteiger partial charge < -0.3 is 10.5 Å². The van der Waals surface area contributed by atoms with E-state index < -0.39 is 0 Å². The average Bonchev–Trinajstić information content (AvgIpc) is 2.38. The van der Waals surface area contributed by atoms with Gasteiger partial charge in [-0.25, -0.2) is 4.39 Å². The van der Waals surface area contributed by atoms with Gasteiger partial charge in [-0.15, -0.1) is 0 Å². The highest BCUT2D eigenvalue weighted by atomic mass is 35.5. The summed E-state index contributed by atoms with van der Waals surface area (Å²) in [7, 11) is 0. The van der Waals surface area contributed by atoms with Gasteiger partial charge in [0.2, 0.25) is 0 Å². The van der Waals surface area contributed by atoms with Crippen molar-refractivity contribution in [3.05, 3.63) is 64.4 Å². The minimum atomic E-state index is -0.317. The molecule has 2 N–H and O–H groups in total. The van der Waals surface area contributed by atoms with Gasteiger partial charge in [0, 0.05) is 29.1 Å². The van der Waals surface area contributed by atoms with Crippen molar-refractivity contribution in [1.82, 2.24) is 0 Å². The van der Waals surface area contributed by atoms with Gasteiger partial charge in [-0.2, -0.15) is 0 Å². The number of fused-ring (bicyclic) bond motifs is 1. The summed E-state index contributed by atoms with van der Waals surface area (Å²) >= 11 is 5.87. The fourth-order valence-corrected chi connectivity index (χ4v) is 2.48. The van der Waals surface area contributed by atoms with E-state index in [0.29, 0.717) is 17.2 Å². The lowest BCUT2D eigenvalue weighted by Crippen LogP contribution is -2.24. The van der Waals surface area contributed by atoms with Crippen LogP contribution >= 0.6 is 11.6 Å². The zero-order valence-corrected chi connectivity index (χ0v) is 10.9. The Kier molecular flexibility index (Phi) is 3.17. The first-order valence-electron chi connectivity index (χ1n) is 6.10. The number of nitrogens with two attached hydrogens (primary N) is 1. The quantitative estimate of drug-likeness (QED) is 0.855. The fourth-order valence-electron chi connectivity index (χ4n) is 2.36. The Morgan fingerprint density at radius 1 is 1.16 bits per heavy atom. The molecule has 19 heavy (non-hydrogen) atoms. The third-order valence-corrected chi connectivity index (χ3v) is 3.61. The van der Waals surface area contributed by atoms with E-state index in [2.05, 4.69) is 0 Å². The highest BCUT2D eigenvalue weighted by molar-refractivity contribution is 6.30. The number of hydrogen-bond acceptors (Lipinski definition) is 2. The summed E-state index contributed by atoms with van der Waals surface area (Å²) < 4.78 is 19.1. The van der Waals surface area contributed by atoms with Crippen molar-refractivity contribution >= 4 is 11.6 Å². The third-order valence-electron chi connectivity index (χ3n) is 3.35. The van der Waals surface area contributed by atoms with Gasteiger partial charge in [0.05, 0.1) is 0 Å². The van der Waals surface area contributed by atoms with Crippen LogP contribution in [0.1, 0.15) is 29.7 Å². The predicted octanol–water partition coefficient (Wildman–Crippen LogP) is 4.00. The van der Waals surface area contributed by atoms with Crippen LogP contribution in [0.25, 0.3) is 0 Å². The number of hydrogen-bond donors (Lipinski definition) is 1. The van der Waals surface area contributed by atoms with Crippen LogP contribution in [-0.4, -0.2) is 0 Å². The van der Waals surface area contributed by atoms with E-state index in [4.69, 9.17) is 22.1 Å². The maximum atomic E-state index is 13.3. The zero-order chi connectivity index (χ0) is 13.4. The summed E-state index contributed by atoms with van der Waals surface area (Å²) in [4.78, 5) is 0. The van der Waals surface area contributed by atoms with Crippen LogP contribution in [0.3, 0.4) is 0 Å². The number of rotatable bonds is 1. The number of halogens is 2. The lowest BCUT2D eigenvalue weighted by atomic mass is 9.93. The number of benzene rings is 2. The van der Waals surface area contributed by atoms with Crippen molar-refractivity contribution in [2.75, 3.05) is 0 Å². The second kappa shape index (κ2) is 4.83. The van der Waals surface area contributed by atoms with E-state index in [9.17, 15) is 4.39 Å².